The Hall–Kier alpha value is -2.66. The average Bonchev–Trinajstić information content (AvgIpc) is 2.70. The molecule has 1 atom stereocenters. The van der Waals surface area contributed by atoms with Crippen LogP contribution in [0.2, 0.25) is 0 Å². The lowest BCUT2D eigenvalue weighted by Crippen LogP contribution is -2.37. The number of hydrogen-bond acceptors (Lipinski definition) is 3. The number of rotatable bonds is 8. The van der Waals surface area contributed by atoms with Crippen molar-refractivity contribution in [1.82, 2.24) is 9.80 Å². The van der Waals surface area contributed by atoms with Crippen molar-refractivity contribution < 1.29 is 9.59 Å². The Bertz CT molecular complexity index is 805. The standard InChI is InChI=1S/C23H29N3O2/c1-25(2)14-15-26(17-18-8-4-3-5-9-18)22(27)13-12-20-16-19-10-6-7-11-21(19)24-23(20)28/h3-11,20H,12-17H2,1-2H3,(H,24,28). The normalized spacial score (nSPS) is 15.8. The zero-order valence-electron chi connectivity index (χ0n) is 16.7. The summed E-state index contributed by atoms with van der Waals surface area (Å²) in [5.41, 5.74) is 3.17. The molecule has 1 unspecified atom stereocenters. The second-order valence-electron chi connectivity index (χ2n) is 7.69. The fraction of sp³-hybridized carbons (Fsp3) is 0.391. The van der Waals surface area contributed by atoms with Crippen LogP contribution in [0.5, 0.6) is 0 Å². The van der Waals surface area contributed by atoms with Crippen molar-refractivity contribution in [1.29, 1.82) is 0 Å². The Morgan fingerprint density at radius 3 is 2.50 bits per heavy atom. The first-order valence-corrected chi connectivity index (χ1v) is 9.88. The van der Waals surface area contributed by atoms with Gasteiger partial charge in [-0.25, -0.2) is 0 Å². The van der Waals surface area contributed by atoms with Crippen molar-refractivity contribution in [3.05, 3.63) is 65.7 Å². The van der Waals surface area contributed by atoms with Gasteiger partial charge >= 0.3 is 0 Å². The number of carbonyl (C=O) groups is 2. The van der Waals surface area contributed by atoms with Crippen LogP contribution < -0.4 is 5.32 Å². The molecule has 0 bridgehead atoms. The van der Waals surface area contributed by atoms with Crippen LogP contribution in [0.1, 0.15) is 24.0 Å². The molecule has 5 heteroatoms. The van der Waals surface area contributed by atoms with Crippen LogP contribution in [0.25, 0.3) is 0 Å². The van der Waals surface area contributed by atoms with Crippen molar-refractivity contribution in [2.24, 2.45) is 5.92 Å². The van der Waals surface area contributed by atoms with Gasteiger partial charge in [0.25, 0.3) is 0 Å². The van der Waals surface area contributed by atoms with Gasteiger partial charge in [0.1, 0.15) is 0 Å². The first kappa shape index (κ1) is 20.1. The zero-order valence-corrected chi connectivity index (χ0v) is 16.7. The number of nitrogens with zero attached hydrogens (tertiary/aromatic N) is 2. The number of fused-ring (bicyclic) bond motifs is 1. The summed E-state index contributed by atoms with van der Waals surface area (Å²) in [6.07, 6.45) is 1.67. The van der Waals surface area contributed by atoms with Crippen LogP contribution in [0, 0.1) is 5.92 Å². The molecule has 3 rings (SSSR count). The molecule has 2 aromatic rings. The van der Waals surface area contributed by atoms with Crippen molar-refractivity contribution in [2.45, 2.75) is 25.8 Å². The van der Waals surface area contributed by atoms with Gasteiger partial charge < -0.3 is 15.1 Å². The molecule has 0 aromatic heterocycles. The highest BCUT2D eigenvalue weighted by Gasteiger charge is 2.27. The Kier molecular flexibility index (Phi) is 6.82. The van der Waals surface area contributed by atoms with Crippen LogP contribution in [0.3, 0.4) is 0 Å². The molecule has 0 aliphatic carbocycles. The lowest BCUT2D eigenvalue weighted by atomic mass is 9.89. The molecule has 0 radical (unpaired) electrons. The number of carbonyl (C=O) groups excluding carboxylic acids is 2. The maximum Gasteiger partial charge on any atom is 0.227 e. The first-order valence-electron chi connectivity index (χ1n) is 9.88. The number of nitrogens with one attached hydrogen (secondary N) is 1. The quantitative estimate of drug-likeness (QED) is 0.766. The number of anilines is 1. The van der Waals surface area contributed by atoms with Gasteiger partial charge in [-0.2, -0.15) is 0 Å². The van der Waals surface area contributed by atoms with E-state index in [4.69, 9.17) is 0 Å². The maximum absolute atomic E-state index is 12.9. The fourth-order valence-electron chi connectivity index (χ4n) is 3.52. The minimum atomic E-state index is -0.147. The first-order chi connectivity index (χ1) is 13.5. The molecule has 148 valence electrons. The van der Waals surface area contributed by atoms with E-state index >= 15 is 0 Å². The number of benzene rings is 2. The SMILES string of the molecule is CN(C)CCN(Cc1ccccc1)C(=O)CCC1Cc2ccccc2NC1=O. The number of hydrogen-bond donors (Lipinski definition) is 1. The average molecular weight is 380 g/mol. The van der Waals surface area contributed by atoms with E-state index in [9.17, 15) is 9.59 Å². The highest BCUT2D eigenvalue weighted by molar-refractivity contribution is 5.96. The van der Waals surface area contributed by atoms with E-state index in [-0.39, 0.29) is 17.7 Å². The van der Waals surface area contributed by atoms with Gasteiger partial charge in [0, 0.05) is 37.7 Å². The molecular formula is C23H29N3O2. The molecule has 0 spiro atoms. The van der Waals surface area contributed by atoms with Crippen LogP contribution in [0.4, 0.5) is 5.69 Å². The predicted octanol–water partition coefficient (Wildman–Crippen LogP) is 3.17. The van der Waals surface area contributed by atoms with Crippen molar-refractivity contribution >= 4 is 17.5 Å². The van der Waals surface area contributed by atoms with Crippen molar-refractivity contribution in [2.75, 3.05) is 32.5 Å². The molecule has 1 N–H and O–H groups in total. The third kappa shape index (κ3) is 5.42. The van der Waals surface area contributed by atoms with Crippen molar-refractivity contribution in [3.8, 4) is 0 Å². The summed E-state index contributed by atoms with van der Waals surface area (Å²) in [7, 11) is 4.02. The van der Waals surface area contributed by atoms with Crippen LogP contribution in [-0.2, 0) is 22.6 Å². The third-order valence-electron chi connectivity index (χ3n) is 5.21. The highest BCUT2D eigenvalue weighted by atomic mass is 16.2. The van der Waals surface area contributed by atoms with E-state index in [1.807, 2.05) is 73.6 Å². The summed E-state index contributed by atoms with van der Waals surface area (Å²) >= 11 is 0. The van der Waals surface area contributed by atoms with Gasteiger partial charge in [0.15, 0.2) is 0 Å². The van der Waals surface area contributed by atoms with Crippen LogP contribution in [0.15, 0.2) is 54.6 Å². The molecule has 1 aliphatic rings. The minimum Gasteiger partial charge on any atom is -0.337 e. The van der Waals surface area contributed by atoms with Gasteiger partial charge in [-0.3, -0.25) is 9.59 Å². The molecular weight excluding hydrogens is 350 g/mol. The summed E-state index contributed by atoms with van der Waals surface area (Å²) in [5, 5.41) is 2.97. The summed E-state index contributed by atoms with van der Waals surface area (Å²) in [6.45, 7) is 2.10. The van der Waals surface area contributed by atoms with E-state index in [2.05, 4.69) is 10.2 Å². The summed E-state index contributed by atoms with van der Waals surface area (Å²) in [5.74, 6) is -0.0157. The monoisotopic (exact) mass is 379 g/mol. The number of likely N-dealkylation sites (N-methyl/N-ethyl adjacent to an activating group) is 1. The summed E-state index contributed by atoms with van der Waals surface area (Å²) in [4.78, 5) is 29.3. The molecule has 0 saturated heterocycles. The Morgan fingerprint density at radius 2 is 1.75 bits per heavy atom. The van der Waals surface area contributed by atoms with E-state index < -0.39 is 0 Å². The number of amides is 2. The molecule has 28 heavy (non-hydrogen) atoms. The lowest BCUT2D eigenvalue weighted by Gasteiger charge is -2.27. The summed E-state index contributed by atoms with van der Waals surface area (Å²) < 4.78 is 0. The van der Waals surface area contributed by atoms with E-state index in [0.29, 0.717) is 32.4 Å². The lowest BCUT2D eigenvalue weighted by molar-refractivity contribution is -0.132. The van der Waals surface area contributed by atoms with Gasteiger partial charge in [0.2, 0.25) is 11.8 Å². The van der Waals surface area contributed by atoms with E-state index in [0.717, 1.165) is 23.4 Å². The fourth-order valence-corrected chi connectivity index (χ4v) is 3.52. The largest absolute Gasteiger partial charge is 0.337 e. The second-order valence-corrected chi connectivity index (χ2v) is 7.69. The highest BCUT2D eigenvalue weighted by Crippen LogP contribution is 2.27. The molecule has 2 aromatic carbocycles. The van der Waals surface area contributed by atoms with Crippen molar-refractivity contribution in [3.63, 3.8) is 0 Å². The Balaban J connectivity index is 1.60. The Morgan fingerprint density at radius 1 is 1.04 bits per heavy atom. The molecule has 0 saturated carbocycles. The van der Waals surface area contributed by atoms with E-state index in [1.54, 1.807) is 0 Å². The zero-order chi connectivity index (χ0) is 19.9. The molecule has 5 nitrogen and oxygen atoms in total. The summed E-state index contributed by atoms with van der Waals surface area (Å²) in [6, 6.07) is 17.9. The smallest absolute Gasteiger partial charge is 0.227 e. The molecule has 0 fully saturated rings. The van der Waals surface area contributed by atoms with Gasteiger partial charge in [-0.1, -0.05) is 48.5 Å². The predicted molar refractivity (Wildman–Crippen MR) is 112 cm³/mol. The van der Waals surface area contributed by atoms with Gasteiger partial charge in [-0.15, -0.1) is 0 Å². The number of para-hydroxylation sites is 1. The Labute approximate surface area is 167 Å². The van der Waals surface area contributed by atoms with Gasteiger partial charge in [-0.05, 0) is 44.1 Å². The van der Waals surface area contributed by atoms with Gasteiger partial charge in [0.05, 0.1) is 0 Å². The second kappa shape index (κ2) is 9.51. The maximum atomic E-state index is 12.9. The van der Waals surface area contributed by atoms with E-state index in [1.165, 1.54) is 0 Å². The molecule has 2 amide bonds. The molecule has 1 aliphatic heterocycles. The van der Waals surface area contributed by atoms with Crippen LogP contribution >= 0.6 is 0 Å². The third-order valence-corrected chi connectivity index (χ3v) is 5.21. The molecule has 1 heterocycles. The van der Waals surface area contributed by atoms with Crippen LogP contribution in [-0.4, -0.2) is 48.8 Å². The minimum absolute atomic E-state index is 0.0226. The topological polar surface area (TPSA) is 52.6 Å².